The van der Waals surface area contributed by atoms with Gasteiger partial charge in [-0.25, -0.2) is 28.7 Å². The number of fused-ring (bicyclic) bond motifs is 2. The fraction of sp³-hybridized carbons (Fsp3) is 0.368. The highest BCUT2D eigenvalue weighted by molar-refractivity contribution is 5.99. The van der Waals surface area contributed by atoms with Crippen LogP contribution in [0, 0.1) is 32.4 Å². The maximum absolute atomic E-state index is 13.3. The molecular weight excluding hydrogens is 677 g/mol. The van der Waals surface area contributed by atoms with Gasteiger partial charge in [0.25, 0.3) is 0 Å². The lowest BCUT2D eigenvalue weighted by Gasteiger charge is -2.28. The summed E-state index contributed by atoms with van der Waals surface area (Å²) in [5, 5.41) is 0. The maximum atomic E-state index is 13.3. The molecule has 2 N–H and O–H groups in total. The average Bonchev–Trinajstić information content (AvgIpc) is 3.65. The molecule has 2 aliphatic rings. The minimum absolute atomic E-state index is 0. The number of rotatable bonds is 5. The smallest absolute Gasteiger partial charge is 0.156 e. The SMILES string of the molecule is Cc1nc(N2CCCCC2)c2[nH]c(C)c(-c3ccc(F)cc3)c2n1.Cc1nc(N2CCCCC2)c2[nH]c(Cc3ccc(F)cc3)cc2n1.Cl.Cl. The molecule has 8 rings (SSSR count). The second-order valence-electron chi connectivity index (χ2n) is 13.0. The summed E-state index contributed by atoms with van der Waals surface area (Å²) in [6.45, 7) is 10.1. The molecule has 12 heteroatoms. The van der Waals surface area contributed by atoms with Gasteiger partial charge in [-0.1, -0.05) is 24.3 Å². The van der Waals surface area contributed by atoms with Crippen molar-refractivity contribution in [2.75, 3.05) is 36.0 Å². The van der Waals surface area contributed by atoms with Crippen molar-refractivity contribution in [2.45, 2.75) is 65.7 Å². The summed E-state index contributed by atoms with van der Waals surface area (Å²) >= 11 is 0. The first-order valence-corrected chi connectivity index (χ1v) is 17.1. The van der Waals surface area contributed by atoms with E-state index in [1.54, 1.807) is 0 Å². The second kappa shape index (κ2) is 16.2. The highest BCUT2D eigenvalue weighted by Crippen LogP contribution is 2.35. The Bertz CT molecular complexity index is 2030. The Labute approximate surface area is 304 Å². The lowest BCUT2D eigenvalue weighted by molar-refractivity contribution is 0.574. The van der Waals surface area contributed by atoms with Gasteiger partial charge in [0, 0.05) is 49.6 Å². The number of benzene rings is 2. The standard InChI is InChI=1S/2C19H21FN4.2ClH/c1-12-16(14-6-8-15(20)9-7-14)17-18(21-12)19(23-13(2)22-17)24-10-4-3-5-11-24;1-13-21-17-12-16(11-14-5-7-15(20)8-6-14)23-18(17)19(22-13)24-9-3-2-4-10-24;;/h6-9,21H,3-5,10-11H2,1-2H3;5-8,12,23H,2-4,9-11H2,1H3;2*1H. The van der Waals surface area contributed by atoms with E-state index in [2.05, 4.69) is 35.8 Å². The molecule has 0 aliphatic carbocycles. The third kappa shape index (κ3) is 8.02. The molecule has 0 radical (unpaired) electrons. The zero-order chi connectivity index (χ0) is 33.2. The first-order chi connectivity index (χ1) is 23.3. The number of nitrogens with zero attached hydrogens (tertiary/aromatic N) is 6. The summed E-state index contributed by atoms with van der Waals surface area (Å²) in [4.78, 5) is 30.3. The Morgan fingerprint density at radius 1 is 0.620 bits per heavy atom. The van der Waals surface area contributed by atoms with Gasteiger partial charge < -0.3 is 19.8 Å². The van der Waals surface area contributed by atoms with Crippen molar-refractivity contribution in [3.8, 4) is 11.1 Å². The van der Waals surface area contributed by atoms with Crippen LogP contribution in [0.4, 0.5) is 20.4 Å². The number of aromatic amines is 2. The summed E-state index contributed by atoms with van der Waals surface area (Å²) in [6, 6.07) is 15.3. The van der Waals surface area contributed by atoms with Crippen molar-refractivity contribution in [1.82, 2.24) is 29.9 Å². The van der Waals surface area contributed by atoms with Crippen molar-refractivity contribution in [2.24, 2.45) is 0 Å². The predicted molar refractivity (Wildman–Crippen MR) is 203 cm³/mol. The first kappa shape index (κ1) is 37.0. The summed E-state index contributed by atoms with van der Waals surface area (Å²) in [6.07, 6.45) is 8.15. The van der Waals surface area contributed by atoms with E-state index in [9.17, 15) is 8.78 Å². The third-order valence-corrected chi connectivity index (χ3v) is 9.30. The van der Waals surface area contributed by atoms with Gasteiger partial charge >= 0.3 is 0 Å². The van der Waals surface area contributed by atoms with E-state index in [0.717, 1.165) is 106 Å². The van der Waals surface area contributed by atoms with Gasteiger partial charge in [-0.3, -0.25) is 0 Å². The van der Waals surface area contributed by atoms with Crippen LogP contribution >= 0.6 is 24.8 Å². The molecule has 4 aromatic heterocycles. The predicted octanol–water partition coefficient (Wildman–Crippen LogP) is 9.20. The van der Waals surface area contributed by atoms with Gasteiger partial charge in [0.15, 0.2) is 11.6 Å². The van der Waals surface area contributed by atoms with Crippen LogP contribution in [-0.4, -0.2) is 56.1 Å². The number of hydrogen-bond acceptors (Lipinski definition) is 6. The van der Waals surface area contributed by atoms with Crippen LogP contribution in [-0.2, 0) is 6.42 Å². The van der Waals surface area contributed by atoms with Crippen LogP contribution < -0.4 is 9.80 Å². The lowest BCUT2D eigenvalue weighted by Crippen LogP contribution is -2.30. The van der Waals surface area contributed by atoms with Gasteiger partial charge in [0.1, 0.15) is 39.8 Å². The number of anilines is 2. The molecular formula is C38H44Cl2F2N8. The van der Waals surface area contributed by atoms with Crippen LogP contribution in [0.15, 0.2) is 54.6 Å². The molecule has 0 spiro atoms. The van der Waals surface area contributed by atoms with E-state index < -0.39 is 0 Å². The Kier molecular flexibility index (Phi) is 12.0. The molecule has 0 saturated carbocycles. The minimum atomic E-state index is -0.226. The molecule has 6 heterocycles. The third-order valence-electron chi connectivity index (χ3n) is 9.30. The summed E-state index contributed by atoms with van der Waals surface area (Å²) in [7, 11) is 0. The molecule has 2 saturated heterocycles. The Hall–Kier alpha value is -4.28. The number of aromatic nitrogens is 6. The van der Waals surface area contributed by atoms with E-state index in [1.807, 2.05) is 45.0 Å². The minimum Gasteiger partial charge on any atom is -0.355 e. The monoisotopic (exact) mass is 720 g/mol. The lowest BCUT2D eigenvalue weighted by atomic mass is 10.0. The van der Waals surface area contributed by atoms with Crippen LogP contribution in [0.5, 0.6) is 0 Å². The van der Waals surface area contributed by atoms with Crippen molar-refractivity contribution in [1.29, 1.82) is 0 Å². The van der Waals surface area contributed by atoms with Crippen LogP contribution in [0.2, 0.25) is 0 Å². The topological polar surface area (TPSA) is 89.6 Å². The van der Waals surface area contributed by atoms with Crippen LogP contribution in [0.25, 0.3) is 33.2 Å². The van der Waals surface area contributed by atoms with E-state index in [1.165, 1.54) is 62.8 Å². The fourth-order valence-electron chi connectivity index (χ4n) is 7.00. The van der Waals surface area contributed by atoms with Gasteiger partial charge in [-0.05, 0) is 101 Å². The zero-order valence-electron chi connectivity index (χ0n) is 28.7. The number of hydrogen-bond donors (Lipinski definition) is 2. The fourth-order valence-corrected chi connectivity index (χ4v) is 7.00. The number of nitrogens with one attached hydrogen (secondary N) is 2. The van der Waals surface area contributed by atoms with E-state index in [4.69, 9.17) is 9.97 Å². The maximum Gasteiger partial charge on any atom is 0.156 e. The molecule has 0 bridgehead atoms. The summed E-state index contributed by atoms with van der Waals surface area (Å²) in [5.41, 5.74) is 9.08. The molecule has 6 aromatic rings. The Morgan fingerprint density at radius 2 is 1.14 bits per heavy atom. The van der Waals surface area contributed by atoms with Gasteiger partial charge in [0.2, 0.25) is 0 Å². The normalized spacial score (nSPS) is 14.6. The van der Waals surface area contributed by atoms with E-state index in [0.29, 0.717) is 0 Å². The highest BCUT2D eigenvalue weighted by Gasteiger charge is 2.22. The Morgan fingerprint density at radius 3 is 1.72 bits per heavy atom. The quantitative estimate of drug-likeness (QED) is 0.185. The van der Waals surface area contributed by atoms with Gasteiger partial charge in [-0.15, -0.1) is 24.8 Å². The summed E-state index contributed by atoms with van der Waals surface area (Å²) < 4.78 is 26.3. The van der Waals surface area contributed by atoms with Crippen molar-refractivity contribution in [3.05, 3.63) is 94.8 Å². The first-order valence-electron chi connectivity index (χ1n) is 17.1. The summed E-state index contributed by atoms with van der Waals surface area (Å²) in [5.74, 6) is 3.15. The largest absolute Gasteiger partial charge is 0.355 e. The second-order valence-corrected chi connectivity index (χ2v) is 13.0. The average molecular weight is 722 g/mol. The number of aryl methyl sites for hydroxylation is 3. The highest BCUT2D eigenvalue weighted by atomic mass is 35.5. The van der Waals surface area contributed by atoms with Crippen molar-refractivity contribution < 1.29 is 8.78 Å². The molecule has 264 valence electrons. The Balaban J connectivity index is 0.000000187. The molecule has 2 aliphatic heterocycles. The molecule has 2 aromatic carbocycles. The van der Waals surface area contributed by atoms with Crippen LogP contribution in [0.1, 0.15) is 67.1 Å². The number of halogens is 4. The van der Waals surface area contributed by atoms with Gasteiger partial charge in [-0.2, -0.15) is 0 Å². The molecule has 50 heavy (non-hydrogen) atoms. The molecule has 0 amide bonds. The van der Waals surface area contributed by atoms with E-state index >= 15 is 0 Å². The van der Waals surface area contributed by atoms with E-state index in [-0.39, 0.29) is 36.4 Å². The molecule has 0 atom stereocenters. The van der Waals surface area contributed by atoms with Gasteiger partial charge in [0.05, 0.1) is 5.52 Å². The number of H-pyrrole nitrogens is 2. The molecule has 2 fully saturated rings. The van der Waals surface area contributed by atoms with Crippen LogP contribution in [0.3, 0.4) is 0 Å². The number of piperidine rings is 2. The van der Waals surface area contributed by atoms with Crippen molar-refractivity contribution in [3.63, 3.8) is 0 Å². The molecule has 8 nitrogen and oxygen atoms in total. The van der Waals surface area contributed by atoms with Crippen molar-refractivity contribution >= 4 is 58.5 Å². The zero-order valence-corrected chi connectivity index (χ0v) is 30.4. The molecule has 0 unspecified atom stereocenters.